The molecule has 2 saturated heterocycles. The van der Waals surface area contributed by atoms with Crippen LogP contribution in [0.25, 0.3) is 0 Å². The van der Waals surface area contributed by atoms with E-state index in [1.54, 1.807) is 19.2 Å². The van der Waals surface area contributed by atoms with Gasteiger partial charge in [-0.1, -0.05) is 24.3 Å². The van der Waals surface area contributed by atoms with Crippen molar-refractivity contribution < 1.29 is 13.2 Å². The van der Waals surface area contributed by atoms with Gasteiger partial charge in [-0.25, -0.2) is 8.42 Å². The van der Waals surface area contributed by atoms with Crippen LogP contribution in [0.1, 0.15) is 17.2 Å². The van der Waals surface area contributed by atoms with Crippen LogP contribution in [0.3, 0.4) is 0 Å². The molecule has 4 rings (SSSR count). The molecule has 0 aliphatic carbocycles. The number of methoxy groups -OCH3 is 1. The number of benzene rings is 2. The van der Waals surface area contributed by atoms with Crippen LogP contribution in [-0.2, 0) is 16.4 Å². The molecule has 2 aromatic rings. The van der Waals surface area contributed by atoms with Crippen molar-refractivity contribution >= 4 is 22.2 Å². The summed E-state index contributed by atoms with van der Waals surface area (Å²) in [5.41, 5.74) is 2.52. The van der Waals surface area contributed by atoms with Crippen LogP contribution in [-0.4, -0.2) is 58.3 Å². The van der Waals surface area contributed by atoms with Crippen molar-refractivity contribution in [3.8, 4) is 5.75 Å². The summed E-state index contributed by atoms with van der Waals surface area (Å²) in [5, 5.41) is 0. The standard InChI is InChI=1S/C22H28N2O3S.ClH/c1-23-13-18-14-24(12-16-4-10-20(11-5-16)28(3,25)26)15-21(18)22(23)17-6-8-19(27-2)9-7-17;/h4-11,18,21-22H,12-15H2,1-3H3;1H/t18-,21+,22-;/m0./s1. The number of hydrogen-bond donors (Lipinski definition) is 0. The average molecular weight is 437 g/mol. The van der Waals surface area contributed by atoms with E-state index in [4.69, 9.17) is 4.74 Å². The van der Waals surface area contributed by atoms with Crippen LogP contribution in [0, 0.1) is 11.8 Å². The normalized spacial score (nSPS) is 24.9. The largest absolute Gasteiger partial charge is 0.497 e. The summed E-state index contributed by atoms with van der Waals surface area (Å²) in [6.45, 7) is 4.15. The SMILES string of the molecule is COc1ccc([C@H]2[C@@H]3CN(Cc4ccc(S(C)(=O)=O)cc4)C[C@@H]3CN2C)cc1.Cl. The average Bonchev–Trinajstić information content (AvgIpc) is 3.17. The van der Waals surface area contributed by atoms with Crippen molar-refractivity contribution in [3.05, 3.63) is 59.7 Å². The Morgan fingerprint density at radius 1 is 1.00 bits per heavy atom. The Labute approximate surface area is 180 Å². The molecule has 0 spiro atoms. The Hall–Kier alpha value is -1.60. The molecule has 7 heteroatoms. The predicted octanol–water partition coefficient (Wildman–Crippen LogP) is 3.26. The summed E-state index contributed by atoms with van der Waals surface area (Å²) < 4.78 is 28.6. The van der Waals surface area contributed by atoms with E-state index in [1.165, 1.54) is 17.4 Å². The molecule has 0 unspecified atom stereocenters. The molecule has 0 bridgehead atoms. The number of halogens is 1. The molecule has 2 fully saturated rings. The molecule has 0 radical (unpaired) electrons. The van der Waals surface area contributed by atoms with Gasteiger partial charge in [-0.2, -0.15) is 0 Å². The van der Waals surface area contributed by atoms with Crippen molar-refractivity contribution in [2.24, 2.45) is 11.8 Å². The third-order valence-corrected chi connectivity index (χ3v) is 7.31. The Morgan fingerprint density at radius 2 is 1.66 bits per heavy atom. The summed E-state index contributed by atoms with van der Waals surface area (Å²) in [7, 11) is 0.786. The molecule has 0 amide bonds. The second kappa shape index (κ2) is 8.64. The van der Waals surface area contributed by atoms with E-state index >= 15 is 0 Å². The number of sulfone groups is 1. The van der Waals surface area contributed by atoms with Gasteiger partial charge in [0.1, 0.15) is 5.75 Å². The first-order valence-electron chi connectivity index (χ1n) is 9.70. The maximum absolute atomic E-state index is 11.6. The zero-order valence-corrected chi connectivity index (χ0v) is 18.7. The topological polar surface area (TPSA) is 49.9 Å². The number of nitrogens with zero attached hydrogens (tertiary/aromatic N) is 2. The lowest BCUT2D eigenvalue weighted by atomic mass is 9.89. The third-order valence-electron chi connectivity index (χ3n) is 6.19. The van der Waals surface area contributed by atoms with Crippen LogP contribution in [0.15, 0.2) is 53.4 Å². The molecule has 0 N–H and O–H groups in total. The highest BCUT2D eigenvalue weighted by Gasteiger charge is 2.45. The van der Waals surface area contributed by atoms with Crippen LogP contribution in [0.5, 0.6) is 5.75 Å². The van der Waals surface area contributed by atoms with Gasteiger partial charge in [0.2, 0.25) is 0 Å². The maximum atomic E-state index is 11.6. The van der Waals surface area contributed by atoms with Gasteiger partial charge >= 0.3 is 0 Å². The molecule has 0 aromatic heterocycles. The first kappa shape index (κ1) is 22.1. The zero-order chi connectivity index (χ0) is 19.9. The zero-order valence-electron chi connectivity index (χ0n) is 17.1. The fraction of sp³-hybridized carbons (Fsp3) is 0.455. The van der Waals surface area contributed by atoms with Crippen LogP contribution in [0.4, 0.5) is 0 Å². The van der Waals surface area contributed by atoms with Gasteiger partial charge in [-0.05, 0) is 54.3 Å². The van der Waals surface area contributed by atoms with Gasteiger partial charge in [0, 0.05) is 38.5 Å². The Bertz CT molecular complexity index is 932. The number of fused-ring (bicyclic) bond motifs is 1. The van der Waals surface area contributed by atoms with E-state index in [0.717, 1.165) is 31.9 Å². The van der Waals surface area contributed by atoms with E-state index in [9.17, 15) is 8.42 Å². The minimum atomic E-state index is -3.14. The van der Waals surface area contributed by atoms with Crippen molar-refractivity contribution in [2.45, 2.75) is 17.5 Å². The number of rotatable bonds is 5. The van der Waals surface area contributed by atoms with Gasteiger partial charge in [-0.3, -0.25) is 9.80 Å². The highest BCUT2D eigenvalue weighted by Crippen LogP contribution is 2.44. The molecule has 2 aromatic carbocycles. The Kier molecular flexibility index (Phi) is 6.58. The van der Waals surface area contributed by atoms with Crippen molar-refractivity contribution in [2.75, 3.05) is 40.0 Å². The molecule has 29 heavy (non-hydrogen) atoms. The van der Waals surface area contributed by atoms with E-state index in [0.29, 0.717) is 22.8 Å². The Morgan fingerprint density at radius 3 is 2.24 bits per heavy atom. The van der Waals surface area contributed by atoms with Gasteiger partial charge in [0.05, 0.1) is 12.0 Å². The van der Waals surface area contributed by atoms with Crippen molar-refractivity contribution in [1.29, 1.82) is 0 Å². The molecule has 5 nitrogen and oxygen atoms in total. The molecule has 2 heterocycles. The second-order valence-electron chi connectivity index (χ2n) is 8.19. The lowest BCUT2D eigenvalue weighted by Gasteiger charge is -2.27. The molecule has 2 aliphatic heterocycles. The molecule has 0 saturated carbocycles. The third kappa shape index (κ3) is 4.61. The molecular weight excluding hydrogens is 408 g/mol. The summed E-state index contributed by atoms with van der Waals surface area (Å²) in [6, 6.07) is 16.2. The van der Waals surface area contributed by atoms with E-state index in [-0.39, 0.29) is 12.4 Å². The highest BCUT2D eigenvalue weighted by atomic mass is 35.5. The fourth-order valence-electron chi connectivity index (χ4n) is 4.88. The van der Waals surface area contributed by atoms with Crippen LogP contribution >= 0.6 is 12.4 Å². The Balaban J connectivity index is 0.00000240. The summed E-state index contributed by atoms with van der Waals surface area (Å²) in [5.74, 6) is 2.19. The quantitative estimate of drug-likeness (QED) is 0.720. The smallest absolute Gasteiger partial charge is 0.175 e. The lowest BCUT2D eigenvalue weighted by Crippen LogP contribution is -2.28. The summed E-state index contributed by atoms with van der Waals surface area (Å²) >= 11 is 0. The maximum Gasteiger partial charge on any atom is 0.175 e. The van der Waals surface area contributed by atoms with E-state index < -0.39 is 9.84 Å². The fourth-order valence-corrected chi connectivity index (χ4v) is 5.51. The van der Waals surface area contributed by atoms with Gasteiger partial charge in [-0.15, -0.1) is 12.4 Å². The first-order chi connectivity index (χ1) is 13.3. The van der Waals surface area contributed by atoms with Crippen molar-refractivity contribution in [3.63, 3.8) is 0 Å². The van der Waals surface area contributed by atoms with Crippen LogP contribution < -0.4 is 4.74 Å². The monoisotopic (exact) mass is 436 g/mol. The lowest BCUT2D eigenvalue weighted by molar-refractivity contribution is 0.224. The number of likely N-dealkylation sites (tertiary alicyclic amines) is 2. The second-order valence-corrected chi connectivity index (χ2v) is 10.2. The molecular formula is C22H29ClN2O3S. The first-order valence-corrected chi connectivity index (χ1v) is 11.6. The van der Waals surface area contributed by atoms with Gasteiger partial charge in [0.15, 0.2) is 9.84 Å². The van der Waals surface area contributed by atoms with Gasteiger partial charge < -0.3 is 4.74 Å². The minimum Gasteiger partial charge on any atom is -0.497 e. The van der Waals surface area contributed by atoms with Gasteiger partial charge in [0.25, 0.3) is 0 Å². The van der Waals surface area contributed by atoms with Crippen molar-refractivity contribution in [1.82, 2.24) is 9.80 Å². The molecule has 3 atom stereocenters. The van der Waals surface area contributed by atoms with Crippen LogP contribution in [0.2, 0.25) is 0 Å². The minimum absolute atomic E-state index is 0. The summed E-state index contributed by atoms with van der Waals surface area (Å²) in [4.78, 5) is 5.37. The number of ether oxygens (including phenoxy) is 1. The molecule has 158 valence electrons. The highest BCUT2D eigenvalue weighted by molar-refractivity contribution is 7.90. The van der Waals surface area contributed by atoms with E-state index in [1.807, 2.05) is 24.3 Å². The molecule has 2 aliphatic rings. The predicted molar refractivity (Wildman–Crippen MR) is 117 cm³/mol. The van der Waals surface area contributed by atoms with E-state index in [2.05, 4.69) is 29.0 Å². The summed E-state index contributed by atoms with van der Waals surface area (Å²) in [6.07, 6.45) is 1.25. The number of hydrogen-bond acceptors (Lipinski definition) is 5.